The van der Waals surface area contributed by atoms with Crippen LogP contribution in [0.4, 0.5) is 0 Å². The van der Waals surface area contributed by atoms with Gasteiger partial charge in [0.1, 0.15) is 0 Å². The van der Waals surface area contributed by atoms with Gasteiger partial charge in [0.25, 0.3) is 0 Å². The van der Waals surface area contributed by atoms with Gasteiger partial charge >= 0.3 is 0 Å². The minimum Gasteiger partial charge on any atom is -0.324 e. The minimum absolute atomic E-state index is 0.0519. The highest BCUT2D eigenvalue weighted by molar-refractivity contribution is 4.91. The van der Waals surface area contributed by atoms with Crippen LogP contribution in [0.25, 0.3) is 0 Å². The number of hydrogen-bond donors (Lipinski definition) is 1. The van der Waals surface area contributed by atoms with Gasteiger partial charge in [0, 0.05) is 18.1 Å². The predicted octanol–water partition coefficient (Wildman–Crippen LogP) is 2.77. The van der Waals surface area contributed by atoms with Crippen LogP contribution in [0.2, 0.25) is 0 Å². The van der Waals surface area contributed by atoms with Crippen molar-refractivity contribution in [2.24, 2.45) is 5.73 Å². The fraction of sp³-hybridized carbons (Fsp3) is 1.00. The van der Waals surface area contributed by atoms with Crippen LogP contribution in [-0.2, 0) is 0 Å². The van der Waals surface area contributed by atoms with Gasteiger partial charge in [-0.2, -0.15) is 0 Å². The van der Waals surface area contributed by atoms with Crippen LogP contribution < -0.4 is 5.73 Å². The molecular weight excluding hydrogens is 184 g/mol. The summed E-state index contributed by atoms with van der Waals surface area (Å²) in [6.07, 6.45) is 7.59. The fourth-order valence-electron chi connectivity index (χ4n) is 2.07. The Hall–Kier alpha value is -0.0800. The molecule has 1 rings (SSSR count). The van der Waals surface area contributed by atoms with Crippen LogP contribution in [0.3, 0.4) is 0 Å². The van der Waals surface area contributed by atoms with Crippen LogP contribution in [0.1, 0.15) is 59.3 Å². The second-order valence-corrected chi connectivity index (χ2v) is 5.12. The molecule has 0 aromatic rings. The third-order valence-electron chi connectivity index (χ3n) is 3.79. The Bertz CT molecular complexity index is 171. The first-order chi connectivity index (χ1) is 7.15. The first-order valence-electron chi connectivity index (χ1n) is 6.68. The molecule has 1 saturated carbocycles. The summed E-state index contributed by atoms with van der Waals surface area (Å²) in [5, 5.41) is 0. The number of hydrogen-bond acceptors (Lipinski definition) is 2. The first-order valence-corrected chi connectivity index (χ1v) is 6.68. The van der Waals surface area contributed by atoms with Gasteiger partial charge in [-0.1, -0.05) is 27.2 Å². The number of unbranched alkanes of at least 4 members (excludes halogenated alkanes) is 1. The summed E-state index contributed by atoms with van der Waals surface area (Å²) < 4.78 is 0. The monoisotopic (exact) mass is 212 g/mol. The van der Waals surface area contributed by atoms with Crippen molar-refractivity contribution in [2.75, 3.05) is 13.1 Å². The van der Waals surface area contributed by atoms with E-state index in [0.29, 0.717) is 0 Å². The molecule has 0 radical (unpaired) electrons. The molecular formula is C13H28N2. The summed E-state index contributed by atoms with van der Waals surface area (Å²) in [5.41, 5.74) is 6.45. The second-order valence-electron chi connectivity index (χ2n) is 5.12. The van der Waals surface area contributed by atoms with Crippen molar-refractivity contribution in [3.05, 3.63) is 0 Å². The van der Waals surface area contributed by atoms with E-state index >= 15 is 0 Å². The molecule has 2 heteroatoms. The minimum atomic E-state index is 0.0519. The zero-order chi connectivity index (χ0) is 11.3. The lowest BCUT2D eigenvalue weighted by Crippen LogP contribution is -2.50. The van der Waals surface area contributed by atoms with Crippen molar-refractivity contribution < 1.29 is 0 Å². The van der Waals surface area contributed by atoms with Gasteiger partial charge in [0.15, 0.2) is 0 Å². The first kappa shape index (κ1) is 13.0. The largest absolute Gasteiger partial charge is 0.324 e. The van der Waals surface area contributed by atoms with Crippen LogP contribution in [0.15, 0.2) is 0 Å². The average Bonchev–Trinajstić information content (AvgIpc) is 3.07. The lowest BCUT2D eigenvalue weighted by Gasteiger charge is -2.34. The van der Waals surface area contributed by atoms with Gasteiger partial charge < -0.3 is 5.73 Å². The van der Waals surface area contributed by atoms with Crippen molar-refractivity contribution >= 4 is 0 Å². The summed E-state index contributed by atoms with van der Waals surface area (Å²) in [4.78, 5) is 2.64. The zero-order valence-corrected chi connectivity index (χ0v) is 10.8. The quantitative estimate of drug-likeness (QED) is 0.670. The Morgan fingerprint density at radius 2 is 1.80 bits per heavy atom. The number of rotatable bonds is 8. The standard InChI is InChI=1S/C13H28N2/c1-4-7-10-15(12-8-9-12)11-13(14,5-2)6-3/h12H,4-11,14H2,1-3H3. The molecule has 0 heterocycles. The summed E-state index contributed by atoms with van der Waals surface area (Å²) >= 11 is 0. The third kappa shape index (κ3) is 4.12. The summed E-state index contributed by atoms with van der Waals surface area (Å²) in [6.45, 7) is 9.05. The summed E-state index contributed by atoms with van der Waals surface area (Å²) in [5.74, 6) is 0. The molecule has 90 valence electrons. The van der Waals surface area contributed by atoms with E-state index in [4.69, 9.17) is 5.73 Å². The maximum absolute atomic E-state index is 6.39. The lowest BCUT2D eigenvalue weighted by atomic mass is 9.93. The number of nitrogens with zero attached hydrogens (tertiary/aromatic N) is 1. The Balaban J connectivity index is 2.41. The van der Waals surface area contributed by atoms with E-state index in [2.05, 4.69) is 25.7 Å². The highest BCUT2D eigenvalue weighted by Crippen LogP contribution is 2.29. The van der Waals surface area contributed by atoms with E-state index in [-0.39, 0.29) is 5.54 Å². The smallest absolute Gasteiger partial charge is 0.0278 e. The normalized spacial score (nSPS) is 17.4. The van der Waals surface area contributed by atoms with Crippen LogP contribution in [0, 0.1) is 0 Å². The van der Waals surface area contributed by atoms with Gasteiger partial charge in [-0.15, -0.1) is 0 Å². The molecule has 1 fully saturated rings. The van der Waals surface area contributed by atoms with Gasteiger partial charge in [-0.25, -0.2) is 0 Å². The molecule has 0 spiro atoms. The third-order valence-corrected chi connectivity index (χ3v) is 3.79. The topological polar surface area (TPSA) is 29.3 Å². The van der Waals surface area contributed by atoms with E-state index in [9.17, 15) is 0 Å². The Morgan fingerprint density at radius 3 is 2.20 bits per heavy atom. The number of nitrogens with two attached hydrogens (primary N) is 1. The van der Waals surface area contributed by atoms with E-state index in [1.807, 2.05) is 0 Å². The molecule has 0 aromatic heterocycles. The second kappa shape index (κ2) is 5.86. The molecule has 1 aliphatic rings. The molecule has 0 amide bonds. The summed E-state index contributed by atoms with van der Waals surface area (Å²) in [7, 11) is 0. The van der Waals surface area contributed by atoms with Crippen LogP contribution >= 0.6 is 0 Å². The Kier molecular flexibility index (Phi) is 5.07. The van der Waals surface area contributed by atoms with E-state index in [1.54, 1.807) is 0 Å². The van der Waals surface area contributed by atoms with Gasteiger partial charge in [-0.05, 0) is 38.6 Å². The highest BCUT2D eigenvalue weighted by atomic mass is 15.2. The van der Waals surface area contributed by atoms with Crippen molar-refractivity contribution in [3.8, 4) is 0 Å². The fourth-order valence-corrected chi connectivity index (χ4v) is 2.07. The molecule has 1 aliphatic carbocycles. The predicted molar refractivity (Wildman–Crippen MR) is 67.0 cm³/mol. The van der Waals surface area contributed by atoms with Gasteiger partial charge in [-0.3, -0.25) is 4.90 Å². The molecule has 0 aromatic carbocycles. The molecule has 0 unspecified atom stereocenters. The maximum Gasteiger partial charge on any atom is 0.0278 e. The van der Waals surface area contributed by atoms with E-state index < -0.39 is 0 Å². The van der Waals surface area contributed by atoms with Crippen molar-refractivity contribution in [1.82, 2.24) is 4.90 Å². The molecule has 15 heavy (non-hydrogen) atoms. The van der Waals surface area contributed by atoms with Crippen LogP contribution in [-0.4, -0.2) is 29.6 Å². The van der Waals surface area contributed by atoms with Gasteiger partial charge in [0.2, 0.25) is 0 Å². The Morgan fingerprint density at radius 1 is 1.20 bits per heavy atom. The average molecular weight is 212 g/mol. The lowest BCUT2D eigenvalue weighted by molar-refractivity contribution is 0.188. The van der Waals surface area contributed by atoms with Gasteiger partial charge in [0.05, 0.1) is 0 Å². The van der Waals surface area contributed by atoms with E-state index in [1.165, 1.54) is 32.2 Å². The summed E-state index contributed by atoms with van der Waals surface area (Å²) in [6, 6.07) is 0.859. The molecule has 0 aliphatic heterocycles. The van der Waals surface area contributed by atoms with Crippen molar-refractivity contribution in [3.63, 3.8) is 0 Å². The molecule has 0 bridgehead atoms. The van der Waals surface area contributed by atoms with Crippen molar-refractivity contribution in [2.45, 2.75) is 70.9 Å². The Labute approximate surface area is 95.2 Å². The van der Waals surface area contributed by atoms with E-state index in [0.717, 1.165) is 25.4 Å². The SMILES string of the molecule is CCCCN(CC(N)(CC)CC)C1CC1. The van der Waals surface area contributed by atoms with Crippen molar-refractivity contribution in [1.29, 1.82) is 0 Å². The van der Waals surface area contributed by atoms with Crippen LogP contribution in [0.5, 0.6) is 0 Å². The highest BCUT2D eigenvalue weighted by Gasteiger charge is 2.33. The molecule has 0 atom stereocenters. The maximum atomic E-state index is 6.39. The molecule has 2 nitrogen and oxygen atoms in total. The molecule has 0 saturated heterocycles. The zero-order valence-electron chi connectivity index (χ0n) is 10.8. The molecule has 2 N–H and O–H groups in total.